The second kappa shape index (κ2) is 8.53. The Labute approximate surface area is 166 Å². The number of benzene rings is 1. The average Bonchev–Trinajstić information content (AvgIpc) is 2.59. The maximum Gasteiger partial charge on any atom is 0.534 e. The molecule has 0 aliphatic carbocycles. The van der Waals surface area contributed by atoms with Crippen LogP contribution in [0.3, 0.4) is 0 Å². The molecule has 0 amide bonds. The van der Waals surface area contributed by atoms with Gasteiger partial charge in [-0.3, -0.25) is 9.36 Å². The van der Waals surface area contributed by atoms with Crippen molar-refractivity contribution in [3.05, 3.63) is 46.5 Å². The Bertz CT molecular complexity index is 1050. The van der Waals surface area contributed by atoms with Crippen LogP contribution in [0.4, 0.5) is 26.3 Å². The number of hydrogen-bond acceptors (Lipinski definition) is 6. The van der Waals surface area contributed by atoms with Gasteiger partial charge in [0.1, 0.15) is 11.6 Å². The van der Waals surface area contributed by atoms with Crippen molar-refractivity contribution < 1.29 is 43.7 Å². The molecule has 0 saturated heterocycles. The molecule has 0 N–H and O–H groups in total. The molecule has 30 heavy (non-hydrogen) atoms. The first-order valence-corrected chi connectivity index (χ1v) is 9.58. The molecule has 1 aromatic carbocycles. The zero-order chi connectivity index (χ0) is 22.7. The van der Waals surface area contributed by atoms with E-state index in [1.165, 1.54) is 12.1 Å². The summed E-state index contributed by atoms with van der Waals surface area (Å²) in [7, 11) is -6.02. The third-order valence-electron chi connectivity index (χ3n) is 3.41. The van der Waals surface area contributed by atoms with Gasteiger partial charge in [-0.05, 0) is 30.7 Å². The van der Waals surface area contributed by atoms with E-state index in [9.17, 15) is 39.6 Å². The van der Waals surface area contributed by atoms with Crippen molar-refractivity contribution >= 4 is 10.1 Å². The number of aryl methyl sites for hydroxylation is 1. The topological polar surface area (TPSA) is 87.5 Å². The van der Waals surface area contributed by atoms with Gasteiger partial charge in [-0.15, -0.1) is 0 Å². The maximum absolute atomic E-state index is 12.5. The molecule has 0 aliphatic rings. The fourth-order valence-electron chi connectivity index (χ4n) is 2.23. The third kappa shape index (κ3) is 5.87. The molecule has 2 rings (SSSR count). The predicted molar refractivity (Wildman–Crippen MR) is 91.0 cm³/mol. The molecule has 0 atom stereocenters. The minimum absolute atomic E-state index is 0.0603. The summed E-state index contributed by atoms with van der Waals surface area (Å²) in [6.07, 6.45) is -4.10. The fourth-order valence-corrected chi connectivity index (χ4v) is 2.64. The van der Waals surface area contributed by atoms with Crippen molar-refractivity contribution in [2.75, 3.05) is 6.61 Å². The molecule has 0 bridgehead atoms. The Morgan fingerprint density at radius 1 is 1.07 bits per heavy atom. The van der Waals surface area contributed by atoms with Gasteiger partial charge in [0.15, 0.2) is 6.61 Å². The summed E-state index contributed by atoms with van der Waals surface area (Å²) in [6.45, 7) is 0.152. The van der Waals surface area contributed by atoms with Gasteiger partial charge in [-0.1, -0.05) is 6.92 Å². The molecule has 1 heterocycles. The van der Waals surface area contributed by atoms with E-state index >= 15 is 0 Å². The van der Waals surface area contributed by atoms with Crippen LogP contribution in [-0.4, -0.2) is 36.3 Å². The largest absolute Gasteiger partial charge is 0.534 e. The molecule has 0 spiro atoms. The highest BCUT2D eigenvalue weighted by Crippen LogP contribution is 2.26. The van der Waals surface area contributed by atoms with Crippen molar-refractivity contribution in [3.63, 3.8) is 0 Å². The van der Waals surface area contributed by atoms with E-state index in [2.05, 4.69) is 13.9 Å². The highest BCUT2D eigenvalue weighted by atomic mass is 32.2. The first-order chi connectivity index (χ1) is 13.7. The van der Waals surface area contributed by atoms with Crippen molar-refractivity contribution in [1.82, 2.24) is 9.55 Å². The number of alkyl halides is 6. The zero-order valence-electron chi connectivity index (χ0n) is 15.1. The van der Waals surface area contributed by atoms with Crippen molar-refractivity contribution in [1.29, 1.82) is 0 Å². The minimum atomic E-state index is -6.02. The molecular formula is C16H14F6N2O5S. The molecule has 0 saturated carbocycles. The summed E-state index contributed by atoms with van der Waals surface area (Å²) in [5, 5.41) is 0. The summed E-state index contributed by atoms with van der Waals surface area (Å²) < 4.78 is 106. The molecule has 0 unspecified atom stereocenters. The summed E-state index contributed by atoms with van der Waals surface area (Å²) in [6, 6.07) is 5.24. The molecule has 0 fully saturated rings. The van der Waals surface area contributed by atoms with Crippen LogP contribution in [0.2, 0.25) is 0 Å². The Morgan fingerprint density at radius 3 is 2.17 bits per heavy atom. The lowest BCUT2D eigenvalue weighted by Gasteiger charge is -2.15. The SMILES string of the molecule is CCCc1nc(OS(=O)(=O)C(F)(F)F)cc(=O)n1-c1ccc(OCC(F)(F)F)cc1. The first-order valence-electron chi connectivity index (χ1n) is 8.17. The Morgan fingerprint density at radius 2 is 1.67 bits per heavy atom. The van der Waals surface area contributed by atoms with Gasteiger partial charge in [-0.25, -0.2) is 0 Å². The summed E-state index contributed by atoms with van der Waals surface area (Å²) in [5.74, 6) is -1.30. The van der Waals surface area contributed by atoms with Gasteiger partial charge in [0, 0.05) is 6.42 Å². The van der Waals surface area contributed by atoms with Crippen molar-refractivity contribution in [2.24, 2.45) is 0 Å². The molecule has 2 aromatic rings. The lowest BCUT2D eigenvalue weighted by Crippen LogP contribution is -2.30. The second-order valence-corrected chi connectivity index (χ2v) is 7.35. The number of hydrogen-bond donors (Lipinski definition) is 0. The van der Waals surface area contributed by atoms with E-state index in [1.807, 2.05) is 0 Å². The van der Waals surface area contributed by atoms with Crippen LogP contribution in [0, 0.1) is 0 Å². The molecule has 14 heteroatoms. The number of ether oxygens (including phenoxy) is 1. The van der Waals surface area contributed by atoms with Crippen molar-refractivity contribution in [2.45, 2.75) is 31.5 Å². The molecule has 1 aromatic heterocycles. The normalized spacial score (nSPS) is 12.6. The van der Waals surface area contributed by atoms with Gasteiger partial charge in [0.25, 0.3) is 5.56 Å². The lowest BCUT2D eigenvalue weighted by molar-refractivity contribution is -0.153. The minimum Gasteiger partial charge on any atom is -0.484 e. The Balaban J connectivity index is 2.40. The van der Waals surface area contributed by atoms with Gasteiger partial charge < -0.3 is 8.92 Å². The molecular weight excluding hydrogens is 446 g/mol. The monoisotopic (exact) mass is 460 g/mol. The van der Waals surface area contributed by atoms with Crippen LogP contribution in [0.15, 0.2) is 35.1 Å². The standard InChI is InChI=1S/C16H14F6N2O5S/c1-2-3-12-23-13(29-30(26,27)16(20,21)22)8-14(25)24(12)10-4-6-11(7-5-10)28-9-15(17,18)19/h4-8H,2-3,9H2,1H3. The quantitative estimate of drug-likeness (QED) is 0.358. The number of aromatic nitrogens is 2. The summed E-state index contributed by atoms with van der Waals surface area (Å²) in [4.78, 5) is 16.1. The predicted octanol–water partition coefficient (Wildman–Crippen LogP) is 3.35. The fraction of sp³-hybridized carbons (Fsp3) is 0.375. The number of halogens is 6. The first kappa shape index (κ1) is 23.5. The van der Waals surface area contributed by atoms with E-state index in [0.29, 0.717) is 12.5 Å². The highest BCUT2D eigenvalue weighted by Gasteiger charge is 2.49. The van der Waals surface area contributed by atoms with Gasteiger partial charge in [0.2, 0.25) is 5.88 Å². The average molecular weight is 460 g/mol. The van der Waals surface area contributed by atoms with E-state index in [0.717, 1.165) is 16.7 Å². The highest BCUT2D eigenvalue weighted by molar-refractivity contribution is 7.87. The van der Waals surface area contributed by atoms with Gasteiger partial charge in [-0.2, -0.15) is 39.7 Å². The smallest absolute Gasteiger partial charge is 0.484 e. The Hall–Kier alpha value is -2.77. The lowest BCUT2D eigenvalue weighted by atomic mass is 10.2. The summed E-state index contributed by atoms with van der Waals surface area (Å²) in [5.41, 5.74) is -6.54. The zero-order valence-corrected chi connectivity index (χ0v) is 15.9. The molecule has 0 radical (unpaired) electrons. The second-order valence-electron chi connectivity index (χ2n) is 5.82. The Kier molecular flexibility index (Phi) is 6.69. The van der Waals surface area contributed by atoms with Crippen LogP contribution >= 0.6 is 0 Å². The van der Waals surface area contributed by atoms with Gasteiger partial charge in [0.05, 0.1) is 11.8 Å². The summed E-state index contributed by atoms with van der Waals surface area (Å²) >= 11 is 0. The molecule has 7 nitrogen and oxygen atoms in total. The van der Waals surface area contributed by atoms with Gasteiger partial charge >= 0.3 is 21.8 Å². The third-order valence-corrected chi connectivity index (χ3v) is 4.37. The molecule has 166 valence electrons. The number of nitrogens with zero attached hydrogens (tertiary/aromatic N) is 2. The van der Waals surface area contributed by atoms with E-state index in [-0.39, 0.29) is 23.7 Å². The van der Waals surface area contributed by atoms with E-state index in [1.54, 1.807) is 6.92 Å². The van der Waals surface area contributed by atoms with E-state index in [4.69, 9.17) is 0 Å². The van der Waals surface area contributed by atoms with Crippen LogP contribution < -0.4 is 14.5 Å². The maximum atomic E-state index is 12.5. The molecule has 0 aliphatic heterocycles. The number of rotatable bonds is 7. The van der Waals surface area contributed by atoms with Crippen LogP contribution in [0.25, 0.3) is 5.69 Å². The van der Waals surface area contributed by atoms with Crippen molar-refractivity contribution in [3.8, 4) is 17.3 Å². The van der Waals surface area contributed by atoms with Crippen LogP contribution in [0.1, 0.15) is 19.2 Å². The van der Waals surface area contributed by atoms with Crippen LogP contribution in [0.5, 0.6) is 11.6 Å². The van der Waals surface area contributed by atoms with Crippen LogP contribution in [-0.2, 0) is 16.5 Å². The van der Waals surface area contributed by atoms with E-state index < -0.39 is 39.8 Å².